The van der Waals surface area contributed by atoms with Crippen molar-refractivity contribution in [2.24, 2.45) is 5.73 Å². The predicted molar refractivity (Wildman–Crippen MR) is 54.4 cm³/mol. The molecule has 1 atom stereocenters. The minimum absolute atomic E-state index is 0.0993. The molecular weight excluding hydrogens is 234 g/mol. The van der Waals surface area contributed by atoms with Crippen LogP contribution in [0.2, 0.25) is 0 Å². The fraction of sp³-hybridized carbons (Fsp3) is 0.333. The van der Waals surface area contributed by atoms with Gasteiger partial charge in [0, 0.05) is 10.0 Å². The summed E-state index contributed by atoms with van der Waals surface area (Å²) >= 11 is 3.27. The third-order valence-corrected chi connectivity index (χ3v) is 2.40. The Balaban J connectivity index is 3.20. The van der Waals surface area contributed by atoms with Crippen LogP contribution in [0.5, 0.6) is 5.75 Å². The van der Waals surface area contributed by atoms with Gasteiger partial charge in [-0.2, -0.15) is 0 Å². The summed E-state index contributed by atoms with van der Waals surface area (Å²) in [5.74, 6) is 0.0993. The summed E-state index contributed by atoms with van der Waals surface area (Å²) in [4.78, 5) is 0. The van der Waals surface area contributed by atoms with E-state index in [4.69, 9.17) is 10.8 Å². The fourth-order valence-electron chi connectivity index (χ4n) is 1.05. The van der Waals surface area contributed by atoms with Crippen molar-refractivity contribution in [1.82, 2.24) is 0 Å². The number of aromatic hydroxyl groups is 1. The topological polar surface area (TPSA) is 66.5 Å². The Morgan fingerprint density at radius 3 is 2.69 bits per heavy atom. The molecule has 0 saturated carbocycles. The van der Waals surface area contributed by atoms with Crippen molar-refractivity contribution in [3.63, 3.8) is 0 Å². The number of rotatable bonds is 2. The van der Waals surface area contributed by atoms with Gasteiger partial charge in [0.25, 0.3) is 0 Å². The Hall–Kier alpha value is -0.580. The van der Waals surface area contributed by atoms with E-state index < -0.39 is 5.54 Å². The number of hydrogen-bond donors (Lipinski definition) is 3. The molecule has 3 nitrogen and oxygen atoms in total. The zero-order chi connectivity index (χ0) is 10.1. The molecule has 0 radical (unpaired) electrons. The zero-order valence-electron chi connectivity index (χ0n) is 7.29. The lowest BCUT2D eigenvalue weighted by molar-refractivity contribution is 0.207. The van der Waals surface area contributed by atoms with Gasteiger partial charge in [0.1, 0.15) is 5.75 Å². The second kappa shape index (κ2) is 3.65. The lowest BCUT2D eigenvalue weighted by atomic mass is 9.93. The maximum absolute atomic E-state index is 9.49. The number of benzene rings is 1. The van der Waals surface area contributed by atoms with Gasteiger partial charge in [-0.25, -0.2) is 0 Å². The Kier molecular flexibility index (Phi) is 2.95. The summed E-state index contributed by atoms with van der Waals surface area (Å²) in [6, 6.07) is 4.96. The molecule has 0 heterocycles. The minimum Gasteiger partial charge on any atom is -0.508 e. The van der Waals surface area contributed by atoms with Gasteiger partial charge in [-0.1, -0.05) is 15.9 Å². The first kappa shape index (κ1) is 10.5. The normalized spacial score (nSPS) is 15.4. The highest BCUT2D eigenvalue weighted by molar-refractivity contribution is 9.10. The smallest absolute Gasteiger partial charge is 0.120 e. The molecule has 1 rings (SSSR count). The van der Waals surface area contributed by atoms with Crippen LogP contribution < -0.4 is 5.73 Å². The van der Waals surface area contributed by atoms with Crippen LogP contribution in [0.25, 0.3) is 0 Å². The van der Waals surface area contributed by atoms with Gasteiger partial charge in [-0.05, 0) is 25.1 Å². The molecule has 0 aliphatic carbocycles. The number of aliphatic hydroxyl groups is 1. The first-order valence-electron chi connectivity index (χ1n) is 3.86. The molecule has 0 amide bonds. The van der Waals surface area contributed by atoms with E-state index in [9.17, 15) is 5.11 Å². The molecule has 0 bridgehead atoms. The highest BCUT2D eigenvalue weighted by Gasteiger charge is 2.23. The standard InChI is InChI=1S/C9H12BrNO2/c1-9(11,5-12)7-4-6(10)2-3-8(7)13/h2-4,12-13H,5,11H2,1H3/t9-/m0/s1. The molecule has 1 aromatic rings. The van der Waals surface area contributed by atoms with Crippen molar-refractivity contribution in [3.8, 4) is 5.75 Å². The average molecular weight is 246 g/mol. The maximum Gasteiger partial charge on any atom is 0.120 e. The monoisotopic (exact) mass is 245 g/mol. The zero-order valence-corrected chi connectivity index (χ0v) is 8.87. The van der Waals surface area contributed by atoms with Crippen molar-refractivity contribution < 1.29 is 10.2 Å². The van der Waals surface area contributed by atoms with Gasteiger partial charge in [-0.3, -0.25) is 0 Å². The molecule has 0 aliphatic heterocycles. The van der Waals surface area contributed by atoms with E-state index in [1.807, 2.05) is 0 Å². The van der Waals surface area contributed by atoms with Crippen molar-refractivity contribution in [1.29, 1.82) is 0 Å². The number of aliphatic hydroxyl groups excluding tert-OH is 1. The molecule has 0 unspecified atom stereocenters. The molecular formula is C9H12BrNO2. The first-order valence-corrected chi connectivity index (χ1v) is 4.65. The molecule has 0 fully saturated rings. The van der Waals surface area contributed by atoms with E-state index in [0.29, 0.717) is 5.56 Å². The average Bonchev–Trinajstić information content (AvgIpc) is 2.09. The quantitative estimate of drug-likeness (QED) is 0.737. The SMILES string of the molecule is C[C@](N)(CO)c1cc(Br)ccc1O. The number of phenols is 1. The van der Waals surface area contributed by atoms with E-state index in [1.54, 1.807) is 25.1 Å². The van der Waals surface area contributed by atoms with Crippen LogP contribution in [0.15, 0.2) is 22.7 Å². The number of phenolic OH excluding ortho intramolecular Hbond substituents is 1. The largest absolute Gasteiger partial charge is 0.508 e. The van der Waals surface area contributed by atoms with Crippen LogP contribution in [-0.2, 0) is 5.54 Å². The third-order valence-electron chi connectivity index (χ3n) is 1.90. The summed E-state index contributed by atoms with van der Waals surface area (Å²) in [6.07, 6.45) is 0. The minimum atomic E-state index is -0.909. The highest BCUT2D eigenvalue weighted by atomic mass is 79.9. The molecule has 1 aromatic carbocycles. The lowest BCUT2D eigenvalue weighted by Crippen LogP contribution is -2.36. The second-order valence-corrected chi connectivity index (χ2v) is 4.15. The summed E-state index contributed by atoms with van der Waals surface area (Å²) < 4.78 is 0.824. The second-order valence-electron chi connectivity index (χ2n) is 3.24. The third kappa shape index (κ3) is 2.21. The number of nitrogens with two attached hydrogens (primary N) is 1. The lowest BCUT2D eigenvalue weighted by Gasteiger charge is -2.23. The predicted octanol–water partition coefficient (Wildman–Crippen LogP) is 1.32. The molecule has 72 valence electrons. The van der Waals surface area contributed by atoms with E-state index in [1.165, 1.54) is 0 Å². The molecule has 4 N–H and O–H groups in total. The first-order chi connectivity index (χ1) is 5.97. The van der Waals surface area contributed by atoms with Crippen molar-refractivity contribution >= 4 is 15.9 Å². The molecule has 0 saturated heterocycles. The highest BCUT2D eigenvalue weighted by Crippen LogP contribution is 2.29. The van der Waals surface area contributed by atoms with Crippen LogP contribution in [0.4, 0.5) is 0 Å². The van der Waals surface area contributed by atoms with E-state index in [-0.39, 0.29) is 12.4 Å². The van der Waals surface area contributed by atoms with E-state index >= 15 is 0 Å². The number of hydrogen-bond acceptors (Lipinski definition) is 3. The Morgan fingerprint density at radius 2 is 2.15 bits per heavy atom. The molecule has 0 spiro atoms. The Morgan fingerprint density at radius 1 is 1.54 bits per heavy atom. The summed E-state index contributed by atoms with van der Waals surface area (Å²) in [5.41, 5.74) is 5.40. The molecule has 0 aliphatic rings. The van der Waals surface area contributed by atoms with Crippen molar-refractivity contribution in [3.05, 3.63) is 28.2 Å². The van der Waals surface area contributed by atoms with Gasteiger partial charge >= 0.3 is 0 Å². The van der Waals surface area contributed by atoms with Gasteiger partial charge in [-0.15, -0.1) is 0 Å². The van der Waals surface area contributed by atoms with Crippen LogP contribution in [0.1, 0.15) is 12.5 Å². The number of halogens is 1. The van der Waals surface area contributed by atoms with E-state index in [2.05, 4.69) is 15.9 Å². The summed E-state index contributed by atoms with van der Waals surface area (Å²) in [5, 5.41) is 18.5. The van der Waals surface area contributed by atoms with Gasteiger partial charge < -0.3 is 15.9 Å². The Labute approximate surface area is 85.3 Å². The van der Waals surface area contributed by atoms with Crippen LogP contribution in [0.3, 0.4) is 0 Å². The van der Waals surface area contributed by atoms with Gasteiger partial charge in [0.05, 0.1) is 12.1 Å². The molecule has 13 heavy (non-hydrogen) atoms. The van der Waals surface area contributed by atoms with Crippen LogP contribution in [-0.4, -0.2) is 16.8 Å². The van der Waals surface area contributed by atoms with Gasteiger partial charge in [0.2, 0.25) is 0 Å². The Bertz CT molecular complexity index is 312. The maximum atomic E-state index is 9.49. The summed E-state index contributed by atoms with van der Waals surface area (Å²) in [7, 11) is 0. The van der Waals surface area contributed by atoms with Crippen LogP contribution >= 0.6 is 15.9 Å². The summed E-state index contributed by atoms with van der Waals surface area (Å²) in [6.45, 7) is 1.45. The fourth-order valence-corrected chi connectivity index (χ4v) is 1.41. The molecule has 4 heteroatoms. The van der Waals surface area contributed by atoms with Crippen molar-refractivity contribution in [2.75, 3.05) is 6.61 Å². The van der Waals surface area contributed by atoms with E-state index in [0.717, 1.165) is 4.47 Å². The van der Waals surface area contributed by atoms with Gasteiger partial charge in [0.15, 0.2) is 0 Å². The van der Waals surface area contributed by atoms with Crippen LogP contribution in [0, 0.1) is 0 Å². The van der Waals surface area contributed by atoms with Crippen molar-refractivity contribution in [2.45, 2.75) is 12.5 Å². The molecule has 0 aromatic heterocycles.